The van der Waals surface area contributed by atoms with E-state index < -0.39 is 16.9 Å². The molecule has 0 saturated carbocycles. The molecule has 2 aromatic carbocycles. The summed E-state index contributed by atoms with van der Waals surface area (Å²) in [6.07, 6.45) is 0. The molecular formula is C18H16O8. The van der Waals surface area contributed by atoms with Crippen LogP contribution in [0.15, 0.2) is 33.5 Å². The van der Waals surface area contributed by atoms with E-state index in [4.69, 9.17) is 18.6 Å². The SMILES string of the molecule is COc1cc(O)c2c(=O)c(OC)c(-c3cccc(O)c3O)oc2c1OC. The molecule has 0 bridgehead atoms. The predicted molar refractivity (Wildman–Crippen MR) is 92.6 cm³/mol. The summed E-state index contributed by atoms with van der Waals surface area (Å²) in [7, 11) is 3.97. The van der Waals surface area contributed by atoms with Crippen molar-refractivity contribution in [3.63, 3.8) is 0 Å². The molecule has 0 aliphatic rings. The Hall–Kier alpha value is -3.55. The highest BCUT2D eigenvalue weighted by Gasteiger charge is 2.26. The van der Waals surface area contributed by atoms with E-state index in [1.165, 1.54) is 45.6 Å². The van der Waals surface area contributed by atoms with Crippen molar-refractivity contribution in [3.05, 3.63) is 34.5 Å². The second-order valence-electron chi connectivity index (χ2n) is 5.30. The summed E-state index contributed by atoms with van der Waals surface area (Å²) in [6.45, 7) is 0. The van der Waals surface area contributed by atoms with Crippen LogP contribution in [-0.4, -0.2) is 36.6 Å². The third-order valence-electron chi connectivity index (χ3n) is 3.91. The van der Waals surface area contributed by atoms with Crippen molar-refractivity contribution >= 4 is 11.0 Å². The molecule has 0 spiro atoms. The van der Waals surface area contributed by atoms with Gasteiger partial charge in [-0.1, -0.05) is 6.07 Å². The molecule has 8 nitrogen and oxygen atoms in total. The van der Waals surface area contributed by atoms with Crippen molar-refractivity contribution in [2.24, 2.45) is 0 Å². The number of benzene rings is 2. The van der Waals surface area contributed by atoms with E-state index in [2.05, 4.69) is 0 Å². The van der Waals surface area contributed by atoms with Crippen molar-refractivity contribution in [1.29, 1.82) is 0 Å². The lowest BCUT2D eigenvalue weighted by Gasteiger charge is -2.15. The number of hydrogen-bond acceptors (Lipinski definition) is 8. The summed E-state index contributed by atoms with van der Waals surface area (Å²) in [5.41, 5.74) is -0.733. The van der Waals surface area contributed by atoms with E-state index in [9.17, 15) is 20.1 Å². The van der Waals surface area contributed by atoms with Crippen LogP contribution in [0.4, 0.5) is 0 Å². The first kappa shape index (κ1) is 17.3. The van der Waals surface area contributed by atoms with Gasteiger partial charge in [0.15, 0.2) is 28.6 Å². The van der Waals surface area contributed by atoms with Crippen molar-refractivity contribution in [1.82, 2.24) is 0 Å². The zero-order chi connectivity index (χ0) is 19.0. The normalized spacial score (nSPS) is 10.7. The smallest absolute Gasteiger partial charge is 0.239 e. The largest absolute Gasteiger partial charge is 0.507 e. The average molecular weight is 360 g/mol. The van der Waals surface area contributed by atoms with E-state index in [-0.39, 0.29) is 45.3 Å². The Balaban J connectivity index is 2.52. The molecule has 0 fully saturated rings. The van der Waals surface area contributed by atoms with E-state index in [1.54, 1.807) is 0 Å². The zero-order valence-corrected chi connectivity index (χ0v) is 14.2. The van der Waals surface area contributed by atoms with Gasteiger partial charge in [-0.2, -0.15) is 0 Å². The Labute approximate surface area is 147 Å². The van der Waals surface area contributed by atoms with Crippen LogP contribution >= 0.6 is 0 Å². The molecule has 0 unspecified atom stereocenters. The summed E-state index contributed by atoms with van der Waals surface area (Å²) in [5.74, 6) is -1.41. The minimum atomic E-state index is -0.676. The molecule has 0 radical (unpaired) electrons. The highest BCUT2D eigenvalue weighted by Crippen LogP contribution is 2.45. The molecule has 3 N–H and O–H groups in total. The first-order chi connectivity index (χ1) is 12.4. The third kappa shape index (κ3) is 2.43. The molecule has 3 rings (SSSR count). The number of phenols is 3. The lowest BCUT2D eigenvalue weighted by Crippen LogP contribution is -2.09. The highest BCUT2D eigenvalue weighted by molar-refractivity contribution is 5.93. The molecule has 0 saturated heterocycles. The van der Waals surface area contributed by atoms with Gasteiger partial charge in [-0.3, -0.25) is 4.79 Å². The van der Waals surface area contributed by atoms with Crippen LogP contribution in [0.2, 0.25) is 0 Å². The molecule has 1 heterocycles. The van der Waals surface area contributed by atoms with Crippen molar-refractivity contribution < 1.29 is 33.9 Å². The van der Waals surface area contributed by atoms with Gasteiger partial charge < -0.3 is 33.9 Å². The van der Waals surface area contributed by atoms with Gasteiger partial charge in [-0.15, -0.1) is 0 Å². The monoisotopic (exact) mass is 360 g/mol. The Kier molecular flexibility index (Phi) is 4.25. The number of hydrogen-bond donors (Lipinski definition) is 3. The fraction of sp³-hybridized carbons (Fsp3) is 0.167. The minimum Gasteiger partial charge on any atom is -0.507 e. The number of rotatable bonds is 4. The number of fused-ring (bicyclic) bond motifs is 1. The van der Waals surface area contributed by atoms with Gasteiger partial charge in [-0.25, -0.2) is 0 Å². The summed E-state index contributed by atoms with van der Waals surface area (Å²) in [6, 6.07) is 5.41. The quantitative estimate of drug-likeness (QED) is 0.608. The van der Waals surface area contributed by atoms with Gasteiger partial charge in [0.25, 0.3) is 0 Å². The van der Waals surface area contributed by atoms with Crippen LogP contribution in [0.25, 0.3) is 22.3 Å². The Morgan fingerprint density at radius 2 is 1.62 bits per heavy atom. The van der Waals surface area contributed by atoms with Crippen LogP contribution in [0.3, 0.4) is 0 Å². The number of methoxy groups -OCH3 is 3. The zero-order valence-electron chi connectivity index (χ0n) is 14.2. The molecular weight excluding hydrogens is 344 g/mol. The highest BCUT2D eigenvalue weighted by atomic mass is 16.5. The van der Waals surface area contributed by atoms with E-state index >= 15 is 0 Å². The van der Waals surface area contributed by atoms with Crippen LogP contribution in [0, 0.1) is 0 Å². The molecule has 0 aliphatic carbocycles. The minimum absolute atomic E-state index is 0.0326. The summed E-state index contributed by atoms with van der Waals surface area (Å²) in [4.78, 5) is 12.9. The van der Waals surface area contributed by atoms with Crippen LogP contribution in [0.1, 0.15) is 0 Å². The second-order valence-corrected chi connectivity index (χ2v) is 5.30. The van der Waals surface area contributed by atoms with Crippen LogP contribution < -0.4 is 19.6 Å². The first-order valence-electron chi connectivity index (χ1n) is 7.44. The Morgan fingerprint density at radius 1 is 0.923 bits per heavy atom. The number of phenolic OH excluding ortho intramolecular Hbond substituents is 3. The van der Waals surface area contributed by atoms with E-state index in [0.717, 1.165) is 0 Å². The lowest BCUT2D eigenvalue weighted by atomic mass is 10.1. The van der Waals surface area contributed by atoms with Crippen LogP contribution in [-0.2, 0) is 0 Å². The molecule has 1 aromatic heterocycles. The summed E-state index contributed by atoms with van der Waals surface area (Å²) < 4.78 is 21.3. The van der Waals surface area contributed by atoms with Gasteiger partial charge >= 0.3 is 0 Å². The fourth-order valence-electron chi connectivity index (χ4n) is 2.71. The molecule has 0 atom stereocenters. The Bertz CT molecular complexity index is 1050. The topological polar surface area (TPSA) is 119 Å². The maximum absolute atomic E-state index is 12.9. The van der Waals surface area contributed by atoms with Crippen molar-refractivity contribution in [2.75, 3.05) is 21.3 Å². The maximum atomic E-state index is 12.9. The Morgan fingerprint density at radius 3 is 2.23 bits per heavy atom. The van der Waals surface area contributed by atoms with Gasteiger partial charge in [0.05, 0.1) is 26.9 Å². The van der Waals surface area contributed by atoms with Gasteiger partial charge in [0, 0.05) is 6.07 Å². The predicted octanol–water partition coefficient (Wildman–Crippen LogP) is 2.60. The molecule has 8 heteroatoms. The lowest BCUT2D eigenvalue weighted by molar-refractivity contribution is 0.348. The number of ether oxygens (including phenoxy) is 3. The third-order valence-corrected chi connectivity index (χ3v) is 3.91. The summed E-state index contributed by atoms with van der Waals surface area (Å²) in [5, 5.41) is 29.9. The van der Waals surface area contributed by atoms with Gasteiger partial charge in [-0.05, 0) is 12.1 Å². The van der Waals surface area contributed by atoms with Gasteiger partial charge in [0.1, 0.15) is 11.1 Å². The molecule has 26 heavy (non-hydrogen) atoms. The van der Waals surface area contributed by atoms with Crippen molar-refractivity contribution in [2.45, 2.75) is 0 Å². The second kappa shape index (κ2) is 6.40. The van der Waals surface area contributed by atoms with Crippen molar-refractivity contribution in [3.8, 4) is 45.8 Å². The standard InChI is InChI=1S/C18H16O8/c1-23-11-7-10(20)12-14(22)18(25-3)15(26-17(12)16(11)24-2)8-5-4-6-9(19)13(8)21/h4-7,19-21H,1-3H3. The molecule has 0 amide bonds. The summed E-state index contributed by atoms with van der Waals surface area (Å²) >= 11 is 0. The average Bonchev–Trinajstić information content (AvgIpc) is 2.63. The van der Waals surface area contributed by atoms with E-state index in [1.807, 2.05) is 0 Å². The van der Waals surface area contributed by atoms with Gasteiger partial charge in [0.2, 0.25) is 16.9 Å². The molecule has 0 aliphatic heterocycles. The van der Waals surface area contributed by atoms with Crippen LogP contribution in [0.5, 0.6) is 34.5 Å². The maximum Gasteiger partial charge on any atom is 0.239 e. The number of aromatic hydroxyl groups is 3. The number of para-hydroxylation sites is 1. The van der Waals surface area contributed by atoms with E-state index in [0.29, 0.717) is 0 Å². The molecule has 136 valence electrons. The first-order valence-corrected chi connectivity index (χ1v) is 7.44. The molecule has 3 aromatic rings. The fourth-order valence-corrected chi connectivity index (χ4v) is 2.71.